The minimum atomic E-state index is -0.550. The summed E-state index contributed by atoms with van der Waals surface area (Å²) in [5.41, 5.74) is 13.4. The van der Waals surface area contributed by atoms with Gasteiger partial charge in [-0.25, -0.2) is 9.97 Å². The second-order valence-corrected chi connectivity index (χ2v) is 14.9. The van der Waals surface area contributed by atoms with Crippen LogP contribution in [0.2, 0.25) is 0 Å². The Labute approximate surface area is 320 Å². The molecule has 15 nitrogen and oxygen atoms in total. The van der Waals surface area contributed by atoms with Crippen LogP contribution in [0.1, 0.15) is 87.3 Å². The number of para-hydroxylation sites is 1. The number of rotatable bonds is 3. The van der Waals surface area contributed by atoms with Crippen LogP contribution in [0.3, 0.4) is 0 Å². The number of hydrogen-bond acceptors (Lipinski definition) is 8. The fourth-order valence-electron chi connectivity index (χ4n) is 7.21. The van der Waals surface area contributed by atoms with E-state index in [2.05, 4.69) is 43.2 Å². The molecular formula is C37H43IN12O3. The van der Waals surface area contributed by atoms with Gasteiger partial charge in [-0.15, -0.1) is 0 Å². The molecule has 0 bridgehead atoms. The van der Waals surface area contributed by atoms with Crippen LogP contribution in [-0.2, 0) is 32.6 Å². The van der Waals surface area contributed by atoms with Gasteiger partial charge in [0.1, 0.15) is 16.9 Å². The third-order valence-corrected chi connectivity index (χ3v) is 10.3. The van der Waals surface area contributed by atoms with E-state index in [9.17, 15) is 14.4 Å². The van der Waals surface area contributed by atoms with Gasteiger partial charge in [0.05, 0.1) is 56.5 Å². The standard InChI is InChI=1S/C37H43IN12O3/c1-5-49-32-25(23(3)45-49)12-7-6-8-19-50-30(20-22(2)44-50)34(52)42-37-41-31-28(46(4)38)13-11-14-29(31)48(37)18-10-9-17-47-27-16-15-24(33(39)51)21-26(27)40-36(47)43-35(32)53/h11,13-16,20-21H,5-10,12,17-19H2,1-4H3,(H2,39,51)(H,40,43,53)(H,41,42,52). The van der Waals surface area contributed by atoms with Crippen molar-refractivity contribution >= 4 is 80.2 Å². The minimum absolute atomic E-state index is 0.265. The molecule has 5 heterocycles. The molecule has 4 aromatic heterocycles. The van der Waals surface area contributed by atoms with E-state index in [0.29, 0.717) is 79.8 Å². The van der Waals surface area contributed by atoms with Crippen LogP contribution in [0.25, 0.3) is 22.1 Å². The number of imidazole rings is 2. The fraction of sp³-hybridized carbons (Fsp3) is 0.378. The fourth-order valence-corrected chi connectivity index (χ4v) is 7.60. The molecule has 1 aliphatic heterocycles. The van der Waals surface area contributed by atoms with Crippen molar-refractivity contribution < 1.29 is 14.4 Å². The zero-order chi connectivity index (χ0) is 37.4. The van der Waals surface area contributed by atoms with Gasteiger partial charge >= 0.3 is 0 Å². The van der Waals surface area contributed by atoms with Gasteiger partial charge in [0, 0.05) is 44.4 Å². The summed E-state index contributed by atoms with van der Waals surface area (Å²) in [4.78, 5) is 49.8. The number of carbonyl (C=O) groups is 3. The number of aryl methyl sites for hydroxylation is 6. The lowest BCUT2D eigenvalue weighted by molar-refractivity contribution is 0.0994. The molecule has 0 atom stereocenters. The average molecular weight is 831 g/mol. The van der Waals surface area contributed by atoms with E-state index >= 15 is 0 Å². The van der Waals surface area contributed by atoms with Gasteiger partial charge in [-0.1, -0.05) is 12.5 Å². The van der Waals surface area contributed by atoms with Gasteiger partial charge in [0.15, 0.2) is 0 Å². The van der Waals surface area contributed by atoms with E-state index in [-0.39, 0.29) is 11.8 Å². The summed E-state index contributed by atoms with van der Waals surface area (Å²) in [7, 11) is 1.96. The number of hydrogen-bond donors (Lipinski definition) is 3. The highest BCUT2D eigenvalue weighted by Crippen LogP contribution is 2.31. The number of fused-ring (bicyclic) bond motifs is 8. The van der Waals surface area contributed by atoms with E-state index in [1.54, 1.807) is 21.5 Å². The SMILES string of the molecule is CCn1nc(C)c2c1C(=O)Nc1nc3cc(C(N)=O)ccc3n1CCCCn1c(nc3c(N(C)I)cccc31)NC(=O)c1cc(C)nn1CCCCC2. The highest BCUT2D eigenvalue weighted by Gasteiger charge is 2.25. The Kier molecular flexibility index (Phi) is 10.2. The molecule has 0 unspecified atom stereocenters. The van der Waals surface area contributed by atoms with E-state index in [1.165, 1.54) is 0 Å². The Morgan fingerprint density at radius 1 is 0.887 bits per heavy atom. The lowest BCUT2D eigenvalue weighted by atomic mass is 10.0. The van der Waals surface area contributed by atoms with Gasteiger partial charge < -0.3 is 18.0 Å². The second kappa shape index (κ2) is 15.0. The van der Waals surface area contributed by atoms with Gasteiger partial charge in [0.25, 0.3) is 11.8 Å². The van der Waals surface area contributed by atoms with Crippen molar-refractivity contribution in [2.75, 3.05) is 20.8 Å². The van der Waals surface area contributed by atoms with Crippen LogP contribution in [0.15, 0.2) is 42.5 Å². The lowest BCUT2D eigenvalue weighted by Gasteiger charge is -2.13. The molecule has 276 valence electrons. The van der Waals surface area contributed by atoms with Crippen LogP contribution in [0, 0.1) is 13.8 Å². The minimum Gasteiger partial charge on any atom is -0.366 e. The number of benzene rings is 2. The summed E-state index contributed by atoms with van der Waals surface area (Å²) in [6.07, 6.45) is 4.57. The molecule has 0 saturated heterocycles. The van der Waals surface area contributed by atoms with E-state index in [1.807, 2.05) is 65.8 Å². The number of anilines is 3. The molecule has 0 aliphatic carbocycles. The molecule has 0 spiro atoms. The Morgan fingerprint density at radius 3 is 2.34 bits per heavy atom. The lowest BCUT2D eigenvalue weighted by Crippen LogP contribution is -2.21. The molecule has 7 rings (SSSR count). The first kappa shape index (κ1) is 36.1. The highest BCUT2D eigenvalue weighted by atomic mass is 127. The average Bonchev–Trinajstić information content (AvgIpc) is 3.86. The summed E-state index contributed by atoms with van der Waals surface area (Å²) in [6.45, 7) is 7.99. The number of nitrogens with zero attached hydrogens (tertiary/aromatic N) is 9. The summed E-state index contributed by atoms with van der Waals surface area (Å²) in [5.74, 6) is -0.257. The number of nitrogens with one attached hydrogen (secondary N) is 2. The molecule has 53 heavy (non-hydrogen) atoms. The molecule has 0 fully saturated rings. The number of halogens is 1. The monoisotopic (exact) mass is 830 g/mol. The van der Waals surface area contributed by atoms with Gasteiger partial charge in [-0.3, -0.25) is 34.4 Å². The summed E-state index contributed by atoms with van der Waals surface area (Å²) in [5, 5.41) is 15.6. The van der Waals surface area contributed by atoms with E-state index in [4.69, 9.17) is 20.8 Å². The van der Waals surface area contributed by atoms with Crippen LogP contribution >= 0.6 is 22.9 Å². The maximum absolute atomic E-state index is 14.1. The van der Waals surface area contributed by atoms with E-state index in [0.717, 1.165) is 58.5 Å². The van der Waals surface area contributed by atoms with Gasteiger partial charge in [0.2, 0.25) is 17.8 Å². The zero-order valence-corrected chi connectivity index (χ0v) is 32.5. The van der Waals surface area contributed by atoms with Crippen molar-refractivity contribution in [2.45, 2.75) is 85.5 Å². The molecule has 16 heteroatoms. The topological polar surface area (TPSA) is 176 Å². The number of carbonyl (C=O) groups excluding carboxylic acids is 3. The second-order valence-electron chi connectivity index (χ2n) is 13.4. The largest absolute Gasteiger partial charge is 0.366 e. The summed E-state index contributed by atoms with van der Waals surface area (Å²) in [6, 6.07) is 13.0. The molecule has 3 amide bonds. The molecule has 1 aliphatic rings. The number of nitrogens with two attached hydrogens (primary N) is 1. The molecular weight excluding hydrogens is 787 g/mol. The van der Waals surface area contributed by atoms with Crippen molar-refractivity contribution in [3.05, 3.63) is 76.4 Å². The molecule has 2 aromatic carbocycles. The molecule has 0 saturated carbocycles. The number of amides is 3. The van der Waals surface area contributed by atoms with Crippen LogP contribution in [0.4, 0.5) is 17.6 Å². The Morgan fingerprint density at radius 2 is 1.60 bits per heavy atom. The van der Waals surface area contributed by atoms with Gasteiger partial charge in [-0.05, 0) is 89.3 Å². The zero-order valence-electron chi connectivity index (χ0n) is 30.3. The third kappa shape index (κ3) is 7.11. The molecule has 6 aromatic rings. The third-order valence-electron chi connectivity index (χ3n) is 9.78. The van der Waals surface area contributed by atoms with Crippen molar-refractivity contribution in [2.24, 2.45) is 5.73 Å². The van der Waals surface area contributed by atoms with Crippen molar-refractivity contribution in [1.29, 1.82) is 0 Å². The first-order valence-corrected chi connectivity index (χ1v) is 18.9. The van der Waals surface area contributed by atoms with Crippen molar-refractivity contribution in [1.82, 2.24) is 38.7 Å². The summed E-state index contributed by atoms with van der Waals surface area (Å²) < 4.78 is 9.54. The Balaban J connectivity index is 1.29. The van der Waals surface area contributed by atoms with Crippen LogP contribution in [-0.4, -0.2) is 63.4 Å². The predicted molar refractivity (Wildman–Crippen MR) is 213 cm³/mol. The van der Waals surface area contributed by atoms with Crippen LogP contribution in [0.5, 0.6) is 0 Å². The Bertz CT molecular complexity index is 2370. The number of primary amides is 1. The first-order valence-electron chi connectivity index (χ1n) is 18.0. The normalized spacial score (nSPS) is 14.8. The maximum atomic E-state index is 14.1. The quantitative estimate of drug-likeness (QED) is 0.144. The van der Waals surface area contributed by atoms with Crippen molar-refractivity contribution in [3.8, 4) is 0 Å². The van der Waals surface area contributed by atoms with E-state index < -0.39 is 5.91 Å². The van der Waals surface area contributed by atoms with Gasteiger partial charge in [-0.2, -0.15) is 10.2 Å². The molecule has 4 N–H and O–H groups in total. The van der Waals surface area contributed by atoms with Crippen LogP contribution < -0.4 is 19.5 Å². The smallest absolute Gasteiger partial charge is 0.276 e. The Hall–Kier alpha value is -5.26. The summed E-state index contributed by atoms with van der Waals surface area (Å²) >= 11 is 2.23. The molecule has 0 radical (unpaired) electrons. The number of aromatic nitrogens is 8. The maximum Gasteiger partial charge on any atom is 0.276 e. The first-order chi connectivity index (χ1) is 25.5. The van der Waals surface area contributed by atoms with Crippen molar-refractivity contribution in [3.63, 3.8) is 0 Å². The highest BCUT2D eigenvalue weighted by molar-refractivity contribution is 14.1. The predicted octanol–water partition coefficient (Wildman–Crippen LogP) is 6.01.